The topological polar surface area (TPSA) is 54.0 Å². The molecular weight excluding hydrogens is 257 g/mol. The van der Waals surface area contributed by atoms with E-state index >= 15 is 0 Å². The van der Waals surface area contributed by atoms with E-state index < -0.39 is 17.3 Å². The van der Waals surface area contributed by atoms with Crippen LogP contribution in [0.25, 0.3) is 0 Å². The summed E-state index contributed by atoms with van der Waals surface area (Å²) in [5.41, 5.74) is -0.333. The Bertz CT molecular complexity index is 492. The number of aromatic nitrogens is 1. The lowest BCUT2D eigenvalue weighted by atomic mass is 9.81. The third-order valence-electron chi connectivity index (χ3n) is 2.79. The van der Waals surface area contributed by atoms with Crippen LogP contribution >= 0.6 is 0 Å². The largest absolute Gasteiger partial charge is 0.371 e. The van der Waals surface area contributed by atoms with Gasteiger partial charge in [0.2, 0.25) is 0 Å². The fourth-order valence-electron chi connectivity index (χ4n) is 2.54. The second-order valence-corrected chi connectivity index (χ2v) is 6.85. The van der Waals surface area contributed by atoms with E-state index in [-0.39, 0.29) is 16.8 Å². The van der Waals surface area contributed by atoms with Gasteiger partial charge in [-0.1, -0.05) is 20.8 Å². The van der Waals surface area contributed by atoms with E-state index in [4.69, 9.17) is 0 Å². The van der Waals surface area contributed by atoms with Crippen molar-refractivity contribution < 1.29 is 9.18 Å². The number of hydrogen-bond donors (Lipinski definition) is 2. The summed E-state index contributed by atoms with van der Waals surface area (Å²) in [5.74, 6) is -0.971. The van der Waals surface area contributed by atoms with Gasteiger partial charge in [0.05, 0.1) is 5.56 Å². The van der Waals surface area contributed by atoms with E-state index in [9.17, 15) is 9.18 Å². The lowest BCUT2D eigenvalue weighted by Crippen LogP contribution is -2.46. The molecule has 0 fully saturated rings. The van der Waals surface area contributed by atoms with Gasteiger partial charge in [0.25, 0.3) is 5.91 Å². The van der Waals surface area contributed by atoms with Gasteiger partial charge in [0.15, 0.2) is 11.6 Å². The number of carbonyl (C=O) groups excluding carboxylic acids is 1. The van der Waals surface area contributed by atoms with Crippen molar-refractivity contribution in [3.63, 3.8) is 0 Å². The van der Waals surface area contributed by atoms with Gasteiger partial charge in [-0.15, -0.1) is 0 Å². The zero-order valence-corrected chi connectivity index (χ0v) is 13.1. The SMILES string of the molecule is CNc1nccc(C(=O)NC(C)(C)CC(C)(C)C)c1F. The molecule has 1 rings (SSSR count). The molecule has 5 heteroatoms. The number of carbonyl (C=O) groups is 1. The van der Waals surface area contributed by atoms with Crippen LogP contribution in [-0.4, -0.2) is 23.5 Å². The Hall–Kier alpha value is -1.65. The van der Waals surface area contributed by atoms with Crippen molar-refractivity contribution in [2.75, 3.05) is 12.4 Å². The molecule has 0 bridgehead atoms. The summed E-state index contributed by atoms with van der Waals surface area (Å²) in [4.78, 5) is 16.1. The molecule has 4 nitrogen and oxygen atoms in total. The lowest BCUT2D eigenvalue weighted by Gasteiger charge is -2.33. The van der Waals surface area contributed by atoms with Crippen molar-refractivity contribution in [2.24, 2.45) is 5.41 Å². The number of amides is 1. The minimum absolute atomic E-state index is 0.00586. The zero-order valence-electron chi connectivity index (χ0n) is 13.1. The minimum atomic E-state index is -0.626. The van der Waals surface area contributed by atoms with Crippen molar-refractivity contribution in [3.05, 3.63) is 23.6 Å². The van der Waals surface area contributed by atoms with Crippen LogP contribution in [-0.2, 0) is 0 Å². The number of nitrogens with zero attached hydrogens (tertiary/aromatic N) is 1. The molecule has 0 unspecified atom stereocenters. The predicted octanol–water partition coefficient (Wildman–Crippen LogP) is 3.21. The Balaban J connectivity index is 2.92. The molecular formula is C15H24FN3O. The average molecular weight is 281 g/mol. The maximum absolute atomic E-state index is 14.1. The first-order valence-corrected chi connectivity index (χ1v) is 6.70. The molecule has 0 radical (unpaired) electrons. The number of hydrogen-bond acceptors (Lipinski definition) is 3. The molecule has 0 aromatic carbocycles. The zero-order chi connectivity index (χ0) is 15.6. The summed E-state index contributed by atoms with van der Waals surface area (Å²) < 4.78 is 14.1. The van der Waals surface area contributed by atoms with Crippen LogP contribution in [0.1, 0.15) is 51.4 Å². The smallest absolute Gasteiger partial charge is 0.254 e. The number of pyridine rings is 1. The molecule has 1 heterocycles. The van der Waals surface area contributed by atoms with Crippen molar-refractivity contribution >= 4 is 11.7 Å². The number of halogens is 1. The highest BCUT2D eigenvalue weighted by molar-refractivity contribution is 5.95. The third kappa shape index (κ3) is 4.47. The highest BCUT2D eigenvalue weighted by atomic mass is 19.1. The van der Waals surface area contributed by atoms with E-state index in [1.807, 2.05) is 13.8 Å². The summed E-state index contributed by atoms with van der Waals surface area (Å²) in [6, 6.07) is 1.39. The molecule has 0 saturated heterocycles. The predicted molar refractivity (Wildman–Crippen MR) is 79.4 cm³/mol. The highest BCUT2D eigenvalue weighted by Crippen LogP contribution is 2.27. The molecule has 0 spiro atoms. The molecule has 1 aromatic rings. The second-order valence-electron chi connectivity index (χ2n) is 6.85. The van der Waals surface area contributed by atoms with E-state index in [0.717, 1.165) is 6.42 Å². The molecule has 0 aliphatic heterocycles. The maximum atomic E-state index is 14.1. The van der Waals surface area contributed by atoms with Crippen LogP contribution < -0.4 is 10.6 Å². The molecule has 0 saturated carbocycles. The van der Waals surface area contributed by atoms with Gasteiger partial charge < -0.3 is 10.6 Å². The lowest BCUT2D eigenvalue weighted by molar-refractivity contribution is 0.0887. The maximum Gasteiger partial charge on any atom is 0.254 e. The summed E-state index contributed by atoms with van der Waals surface area (Å²) in [6.45, 7) is 10.2. The Labute approximate surface area is 120 Å². The van der Waals surface area contributed by atoms with Gasteiger partial charge in [-0.2, -0.15) is 0 Å². The number of nitrogens with one attached hydrogen (secondary N) is 2. The quantitative estimate of drug-likeness (QED) is 0.891. The van der Waals surface area contributed by atoms with Gasteiger partial charge in [-0.25, -0.2) is 9.37 Å². The molecule has 0 aliphatic rings. The Morgan fingerprint density at radius 1 is 1.30 bits per heavy atom. The van der Waals surface area contributed by atoms with E-state index in [1.165, 1.54) is 12.3 Å². The van der Waals surface area contributed by atoms with Crippen LogP contribution in [0.2, 0.25) is 0 Å². The molecule has 0 aliphatic carbocycles. The van der Waals surface area contributed by atoms with Crippen molar-refractivity contribution in [1.82, 2.24) is 10.3 Å². The van der Waals surface area contributed by atoms with E-state index in [0.29, 0.717) is 0 Å². The van der Waals surface area contributed by atoms with E-state index in [1.54, 1.807) is 7.05 Å². The Kier molecular flexibility index (Phi) is 4.73. The Morgan fingerprint density at radius 3 is 2.40 bits per heavy atom. The van der Waals surface area contributed by atoms with Gasteiger partial charge in [0.1, 0.15) is 0 Å². The van der Waals surface area contributed by atoms with Gasteiger partial charge >= 0.3 is 0 Å². The highest BCUT2D eigenvalue weighted by Gasteiger charge is 2.28. The average Bonchev–Trinajstić information content (AvgIpc) is 2.24. The first-order chi connectivity index (χ1) is 9.06. The Morgan fingerprint density at radius 2 is 1.90 bits per heavy atom. The molecule has 1 amide bonds. The van der Waals surface area contributed by atoms with Gasteiger partial charge in [-0.3, -0.25) is 4.79 Å². The van der Waals surface area contributed by atoms with Crippen LogP contribution in [0.3, 0.4) is 0 Å². The van der Waals surface area contributed by atoms with Crippen LogP contribution in [0.5, 0.6) is 0 Å². The third-order valence-corrected chi connectivity index (χ3v) is 2.79. The number of anilines is 1. The van der Waals surface area contributed by atoms with Crippen LogP contribution in [0, 0.1) is 11.2 Å². The van der Waals surface area contributed by atoms with Crippen molar-refractivity contribution in [3.8, 4) is 0 Å². The second kappa shape index (κ2) is 5.77. The monoisotopic (exact) mass is 281 g/mol. The summed E-state index contributed by atoms with van der Waals surface area (Å²) in [5, 5.41) is 5.51. The first kappa shape index (κ1) is 16.4. The molecule has 2 N–H and O–H groups in total. The molecule has 112 valence electrons. The minimum Gasteiger partial charge on any atom is -0.371 e. The summed E-state index contributed by atoms with van der Waals surface area (Å²) in [7, 11) is 1.57. The summed E-state index contributed by atoms with van der Waals surface area (Å²) in [6.07, 6.45) is 2.21. The fourth-order valence-corrected chi connectivity index (χ4v) is 2.54. The van der Waals surface area contributed by atoms with Crippen molar-refractivity contribution in [1.29, 1.82) is 0 Å². The van der Waals surface area contributed by atoms with Crippen molar-refractivity contribution in [2.45, 2.75) is 46.6 Å². The fraction of sp³-hybridized carbons (Fsp3) is 0.600. The molecule has 20 heavy (non-hydrogen) atoms. The van der Waals surface area contributed by atoms with Crippen LogP contribution in [0.15, 0.2) is 12.3 Å². The first-order valence-electron chi connectivity index (χ1n) is 6.70. The molecule has 1 aromatic heterocycles. The van der Waals surface area contributed by atoms with Crippen LogP contribution in [0.4, 0.5) is 10.2 Å². The number of rotatable bonds is 4. The van der Waals surface area contributed by atoms with Gasteiger partial charge in [-0.05, 0) is 31.7 Å². The normalized spacial score (nSPS) is 12.2. The van der Waals surface area contributed by atoms with Gasteiger partial charge in [0, 0.05) is 18.8 Å². The molecule has 0 atom stereocenters. The standard InChI is InChI=1S/C15H24FN3O/c1-14(2,3)9-15(4,5)19-13(20)10-7-8-18-12(17-6)11(10)16/h7-8H,9H2,1-6H3,(H,17,18)(H,19,20). The van der Waals surface area contributed by atoms with E-state index in [2.05, 4.69) is 36.4 Å². The summed E-state index contributed by atoms with van der Waals surface area (Å²) >= 11 is 0.